The molecule has 0 aliphatic rings. The fraction of sp³-hybridized carbons (Fsp3) is 0.263. The van der Waals surface area contributed by atoms with Crippen LogP contribution in [-0.4, -0.2) is 32.0 Å². The molecule has 2 aromatic rings. The minimum atomic E-state index is -0.256. The van der Waals surface area contributed by atoms with Crippen LogP contribution in [0.25, 0.3) is 0 Å². The molecule has 0 bridgehead atoms. The summed E-state index contributed by atoms with van der Waals surface area (Å²) in [6.07, 6.45) is 0.683. The number of benzene rings is 2. The lowest BCUT2D eigenvalue weighted by atomic mass is 10.1. The van der Waals surface area contributed by atoms with Gasteiger partial charge in [0.25, 0.3) is 0 Å². The fourth-order valence-electron chi connectivity index (χ4n) is 2.38. The van der Waals surface area contributed by atoms with Crippen LogP contribution in [-0.2, 0) is 16.0 Å². The number of carbonyl (C=O) groups is 2. The Balaban J connectivity index is 1.90. The van der Waals surface area contributed by atoms with Gasteiger partial charge in [0, 0.05) is 19.2 Å². The van der Waals surface area contributed by atoms with Gasteiger partial charge in [-0.2, -0.15) is 0 Å². The normalized spacial score (nSPS) is 10.3. The van der Waals surface area contributed by atoms with E-state index in [4.69, 9.17) is 27.9 Å². The largest absolute Gasteiger partial charge is 0.497 e. The second kappa shape index (κ2) is 9.46. The third-order valence-corrected chi connectivity index (χ3v) is 4.53. The Kier molecular flexibility index (Phi) is 7.30. The number of carbonyl (C=O) groups excluding carboxylic acids is 2. The summed E-state index contributed by atoms with van der Waals surface area (Å²) in [6, 6.07) is 12.5. The van der Waals surface area contributed by atoms with E-state index in [2.05, 4.69) is 5.32 Å². The van der Waals surface area contributed by atoms with Gasteiger partial charge in [0.1, 0.15) is 12.3 Å². The SMILES string of the molecule is COc1ccc(CCNC(=O)CN(C(C)=O)c2ccc(Cl)c(Cl)c2)cc1. The zero-order valence-electron chi connectivity index (χ0n) is 14.6. The van der Waals surface area contributed by atoms with Crippen LogP contribution in [0.3, 0.4) is 0 Å². The van der Waals surface area contributed by atoms with Crippen molar-refractivity contribution in [3.63, 3.8) is 0 Å². The molecule has 2 aromatic carbocycles. The standard InChI is InChI=1S/C19H20Cl2N2O3/c1-13(24)23(15-5-8-17(20)18(21)11-15)12-19(25)22-10-9-14-3-6-16(26-2)7-4-14/h3-8,11H,9-10,12H2,1-2H3,(H,22,25). The molecule has 2 rings (SSSR count). The first-order valence-corrected chi connectivity index (χ1v) is 8.79. The molecule has 26 heavy (non-hydrogen) atoms. The molecule has 138 valence electrons. The van der Waals surface area contributed by atoms with Crippen molar-refractivity contribution in [1.29, 1.82) is 0 Å². The molecule has 0 spiro atoms. The van der Waals surface area contributed by atoms with E-state index in [1.54, 1.807) is 25.3 Å². The van der Waals surface area contributed by atoms with Crippen LogP contribution in [0.4, 0.5) is 5.69 Å². The lowest BCUT2D eigenvalue weighted by Gasteiger charge is -2.21. The van der Waals surface area contributed by atoms with Crippen LogP contribution in [0.2, 0.25) is 10.0 Å². The smallest absolute Gasteiger partial charge is 0.240 e. The zero-order valence-corrected chi connectivity index (χ0v) is 16.1. The summed E-state index contributed by atoms with van der Waals surface area (Å²) in [4.78, 5) is 25.4. The molecule has 0 atom stereocenters. The first-order valence-electron chi connectivity index (χ1n) is 8.03. The third-order valence-electron chi connectivity index (χ3n) is 3.79. The molecule has 0 radical (unpaired) electrons. The van der Waals surface area contributed by atoms with Crippen molar-refractivity contribution in [2.75, 3.05) is 25.1 Å². The second-order valence-corrected chi connectivity index (χ2v) is 6.47. The summed E-state index contributed by atoms with van der Waals surface area (Å²) in [5.74, 6) is 0.282. The average Bonchev–Trinajstić information content (AvgIpc) is 2.62. The van der Waals surface area contributed by atoms with Gasteiger partial charge in [-0.05, 0) is 42.3 Å². The number of nitrogens with zero attached hydrogens (tertiary/aromatic N) is 1. The highest BCUT2D eigenvalue weighted by Gasteiger charge is 2.16. The Morgan fingerprint density at radius 1 is 1.08 bits per heavy atom. The Morgan fingerprint density at radius 3 is 2.35 bits per heavy atom. The minimum Gasteiger partial charge on any atom is -0.497 e. The number of amides is 2. The molecule has 1 N–H and O–H groups in total. The molecular weight excluding hydrogens is 375 g/mol. The van der Waals surface area contributed by atoms with E-state index in [9.17, 15) is 9.59 Å². The number of ether oxygens (including phenoxy) is 1. The van der Waals surface area contributed by atoms with Gasteiger partial charge >= 0.3 is 0 Å². The molecule has 0 saturated carbocycles. The zero-order chi connectivity index (χ0) is 19.1. The summed E-state index contributed by atoms with van der Waals surface area (Å²) in [5.41, 5.74) is 1.61. The van der Waals surface area contributed by atoms with Gasteiger partial charge < -0.3 is 15.0 Å². The molecule has 0 aromatic heterocycles. The Hall–Kier alpha value is -2.24. The first-order chi connectivity index (χ1) is 12.4. The summed E-state index contributed by atoms with van der Waals surface area (Å²) in [6.45, 7) is 1.78. The quantitative estimate of drug-likeness (QED) is 0.778. The second-order valence-electron chi connectivity index (χ2n) is 5.65. The number of halogens is 2. The van der Waals surface area contributed by atoms with Gasteiger partial charge in [0.15, 0.2) is 0 Å². The molecule has 0 fully saturated rings. The monoisotopic (exact) mass is 394 g/mol. The molecule has 0 aliphatic heterocycles. The topological polar surface area (TPSA) is 58.6 Å². The minimum absolute atomic E-state index is 0.0874. The number of rotatable bonds is 7. The van der Waals surface area contributed by atoms with Crippen molar-refractivity contribution < 1.29 is 14.3 Å². The van der Waals surface area contributed by atoms with Crippen molar-refractivity contribution >= 4 is 40.7 Å². The van der Waals surface area contributed by atoms with Crippen LogP contribution >= 0.6 is 23.2 Å². The fourth-order valence-corrected chi connectivity index (χ4v) is 2.67. The van der Waals surface area contributed by atoms with Crippen molar-refractivity contribution in [2.24, 2.45) is 0 Å². The first kappa shape index (κ1) is 20.1. The highest BCUT2D eigenvalue weighted by molar-refractivity contribution is 6.42. The van der Waals surface area contributed by atoms with E-state index in [-0.39, 0.29) is 18.4 Å². The highest BCUT2D eigenvalue weighted by Crippen LogP contribution is 2.27. The van der Waals surface area contributed by atoms with Gasteiger partial charge in [0.05, 0.1) is 17.2 Å². The van der Waals surface area contributed by atoms with Gasteiger partial charge in [-0.1, -0.05) is 35.3 Å². The predicted molar refractivity (Wildman–Crippen MR) is 104 cm³/mol. The van der Waals surface area contributed by atoms with Gasteiger partial charge in [-0.3, -0.25) is 9.59 Å². The maximum atomic E-state index is 12.2. The van der Waals surface area contributed by atoms with E-state index in [1.165, 1.54) is 11.8 Å². The highest BCUT2D eigenvalue weighted by atomic mass is 35.5. The number of methoxy groups -OCH3 is 1. The maximum Gasteiger partial charge on any atom is 0.240 e. The summed E-state index contributed by atoms with van der Waals surface area (Å²) >= 11 is 11.9. The van der Waals surface area contributed by atoms with E-state index in [0.717, 1.165) is 11.3 Å². The Labute approximate surface area is 162 Å². The molecular formula is C19H20Cl2N2O3. The lowest BCUT2D eigenvalue weighted by Crippen LogP contribution is -2.40. The van der Waals surface area contributed by atoms with Crippen LogP contribution in [0, 0.1) is 0 Å². The van der Waals surface area contributed by atoms with Crippen molar-refractivity contribution in [2.45, 2.75) is 13.3 Å². The molecule has 0 unspecified atom stereocenters. The Bertz CT molecular complexity index is 779. The molecule has 0 saturated heterocycles. The van der Waals surface area contributed by atoms with Gasteiger partial charge in [-0.15, -0.1) is 0 Å². The summed E-state index contributed by atoms with van der Waals surface area (Å²) in [5, 5.41) is 3.54. The Morgan fingerprint density at radius 2 is 1.77 bits per heavy atom. The maximum absolute atomic E-state index is 12.2. The van der Waals surface area contributed by atoms with Gasteiger partial charge in [0.2, 0.25) is 11.8 Å². The number of hydrogen-bond donors (Lipinski definition) is 1. The van der Waals surface area contributed by atoms with E-state index in [0.29, 0.717) is 28.7 Å². The molecule has 0 aliphatic carbocycles. The van der Waals surface area contributed by atoms with Crippen molar-refractivity contribution in [3.8, 4) is 5.75 Å². The number of anilines is 1. The van der Waals surface area contributed by atoms with Crippen LogP contribution in [0.1, 0.15) is 12.5 Å². The molecule has 7 heteroatoms. The van der Waals surface area contributed by atoms with Crippen molar-refractivity contribution in [1.82, 2.24) is 5.32 Å². The van der Waals surface area contributed by atoms with Crippen LogP contribution in [0.15, 0.2) is 42.5 Å². The van der Waals surface area contributed by atoms with Crippen LogP contribution < -0.4 is 15.0 Å². The lowest BCUT2D eigenvalue weighted by molar-refractivity contribution is -0.123. The van der Waals surface area contributed by atoms with Gasteiger partial charge in [-0.25, -0.2) is 0 Å². The van der Waals surface area contributed by atoms with Crippen LogP contribution in [0.5, 0.6) is 5.75 Å². The van der Waals surface area contributed by atoms with E-state index < -0.39 is 0 Å². The van der Waals surface area contributed by atoms with E-state index in [1.807, 2.05) is 24.3 Å². The van der Waals surface area contributed by atoms with Crippen molar-refractivity contribution in [3.05, 3.63) is 58.1 Å². The summed E-state index contributed by atoms with van der Waals surface area (Å²) in [7, 11) is 1.61. The molecule has 5 nitrogen and oxygen atoms in total. The third kappa shape index (κ3) is 5.64. The number of hydrogen-bond acceptors (Lipinski definition) is 3. The summed E-state index contributed by atoms with van der Waals surface area (Å²) < 4.78 is 5.11. The average molecular weight is 395 g/mol. The van der Waals surface area contributed by atoms with E-state index >= 15 is 0 Å². The predicted octanol–water partition coefficient (Wildman–Crippen LogP) is 3.71. The molecule has 0 heterocycles. The molecule has 2 amide bonds. The number of nitrogens with one attached hydrogen (secondary N) is 1.